The van der Waals surface area contributed by atoms with Gasteiger partial charge in [-0.2, -0.15) is 0 Å². The van der Waals surface area contributed by atoms with Gasteiger partial charge in [0.05, 0.1) is 33.9 Å². The van der Waals surface area contributed by atoms with Crippen molar-refractivity contribution in [3.63, 3.8) is 0 Å². The molecule has 56 heavy (non-hydrogen) atoms. The van der Waals surface area contributed by atoms with Crippen molar-refractivity contribution in [3.8, 4) is 0 Å². The van der Waals surface area contributed by atoms with Crippen molar-refractivity contribution >= 4 is 56.7 Å². The van der Waals surface area contributed by atoms with E-state index in [1.807, 2.05) is 0 Å². The van der Waals surface area contributed by atoms with Crippen LogP contribution in [0, 0.1) is 83.1 Å². The van der Waals surface area contributed by atoms with Crippen LogP contribution in [-0.4, -0.2) is 33.9 Å². The van der Waals surface area contributed by atoms with Crippen LogP contribution in [0.2, 0.25) is 52.4 Å². The monoisotopic (exact) mass is 900 g/mol. The van der Waals surface area contributed by atoms with Gasteiger partial charge in [-0.15, -0.1) is 22.7 Å². The minimum Gasteiger partial charge on any atom is -0.666 e. The first kappa shape index (κ1) is 52.0. The van der Waals surface area contributed by atoms with Crippen molar-refractivity contribution in [2.45, 2.75) is 135 Å². The van der Waals surface area contributed by atoms with E-state index >= 15 is 0 Å². The fourth-order valence-corrected chi connectivity index (χ4v) is 21.9. The predicted molar refractivity (Wildman–Crippen MR) is 247 cm³/mol. The van der Waals surface area contributed by atoms with Crippen LogP contribution < -0.4 is 0 Å². The van der Waals surface area contributed by atoms with Crippen LogP contribution in [-0.2, 0) is 43.0 Å². The van der Waals surface area contributed by atoms with Crippen molar-refractivity contribution in [1.82, 2.24) is 0 Å². The van der Waals surface area contributed by atoms with E-state index in [1.54, 1.807) is 0 Å². The topological polar surface area (TPSA) is 74.9 Å². The summed E-state index contributed by atoms with van der Waals surface area (Å²) in [5.74, 6) is 0. The summed E-state index contributed by atoms with van der Waals surface area (Å²) >= 11 is 0. The van der Waals surface area contributed by atoms with Gasteiger partial charge in [-0.25, -0.2) is 0 Å². The average Bonchev–Trinajstić information content (AvgIpc) is 2.96. The second-order valence-electron chi connectivity index (χ2n) is 17.4. The standard InChI is InChI=1S/2C22H34N2OSi2.2Cr/c2*1-15-11-17(3)21(18(4)12-15)23-26(7,8)25-27(9,10)24-22-19(5)13-16(2)14-20(22)6;;/h2*11-14H,1-10H3;;/q2*-2;2*+2. The Bertz CT molecular complexity index is 1610. The molecule has 0 heterocycles. The Labute approximate surface area is 367 Å². The first-order valence-corrected chi connectivity index (χ1v) is 30.6. The molecule has 0 bridgehead atoms. The summed E-state index contributed by atoms with van der Waals surface area (Å²) in [7, 11) is -9.07. The van der Waals surface area contributed by atoms with Gasteiger partial charge in [-0.3, -0.25) is 0 Å². The Hall–Kier alpha value is -2.07. The molecule has 6 nitrogen and oxygen atoms in total. The fourth-order valence-electron chi connectivity index (χ4n) is 7.79. The van der Waals surface area contributed by atoms with Crippen LogP contribution in [0.25, 0.3) is 19.9 Å². The van der Waals surface area contributed by atoms with Crippen molar-refractivity contribution in [2.24, 2.45) is 0 Å². The molecule has 0 saturated carbocycles. The van der Waals surface area contributed by atoms with Crippen molar-refractivity contribution < 1.29 is 43.0 Å². The maximum Gasteiger partial charge on any atom is 2.00 e. The molecule has 0 aliphatic rings. The molecule has 0 fully saturated rings. The van der Waals surface area contributed by atoms with E-state index < -0.39 is 33.9 Å². The fraction of sp³-hybridized carbons (Fsp3) is 0.455. The van der Waals surface area contributed by atoms with E-state index in [9.17, 15) is 0 Å². The SMILES string of the molecule is Cc1cc(C)c([N-][Si](C)(C)O[Si](C)(C)[N-]c2c(C)cc(C)cc2C)c(C)c1.Cc1cc(C)c([N-][Si](C)(C)O[Si](C)(C)[N-]c2c(C)cc(C)cc2C)c(C)c1.[Cr+2].[Cr+2]. The number of benzene rings is 4. The second-order valence-corrected chi connectivity index (χ2v) is 31.5. The van der Waals surface area contributed by atoms with E-state index in [1.165, 1.54) is 66.8 Å². The minimum atomic E-state index is -2.27. The van der Waals surface area contributed by atoms with Crippen molar-refractivity contribution in [3.05, 3.63) is 135 Å². The number of aryl methyl sites for hydroxylation is 12. The Morgan fingerprint density at radius 3 is 0.536 bits per heavy atom. The summed E-state index contributed by atoms with van der Waals surface area (Å²) in [6, 6.07) is 17.6. The molecule has 0 aliphatic heterocycles. The van der Waals surface area contributed by atoms with Gasteiger partial charge in [0, 0.05) is 0 Å². The van der Waals surface area contributed by atoms with E-state index in [-0.39, 0.29) is 34.7 Å². The van der Waals surface area contributed by atoms with Crippen LogP contribution in [0.15, 0.2) is 48.5 Å². The molecular formula is C44H68Cr2N4O2Si4. The molecule has 4 rings (SSSR count). The molecule has 0 spiro atoms. The maximum absolute atomic E-state index is 6.66. The number of rotatable bonds is 12. The number of hydrogen-bond acceptors (Lipinski definition) is 2. The van der Waals surface area contributed by atoms with Crippen LogP contribution in [0.4, 0.5) is 22.7 Å². The van der Waals surface area contributed by atoms with Crippen molar-refractivity contribution in [2.75, 3.05) is 0 Å². The molecule has 0 saturated heterocycles. The summed E-state index contributed by atoms with van der Waals surface area (Å²) in [5.41, 5.74) is 19.2. The molecule has 0 atom stereocenters. The smallest absolute Gasteiger partial charge is 0.666 e. The summed E-state index contributed by atoms with van der Waals surface area (Å²) in [6.45, 7) is 43.0. The normalized spacial score (nSPS) is 11.8. The van der Waals surface area contributed by atoms with Gasteiger partial charge in [0.15, 0.2) is 0 Å². The summed E-state index contributed by atoms with van der Waals surface area (Å²) in [6.07, 6.45) is 0. The van der Waals surface area contributed by atoms with Gasteiger partial charge in [0.25, 0.3) is 0 Å². The molecule has 12 heteroatoms. The molecule has 4 aromatic rings. The molecule has 4 aromatic carbocycles. The third-order valence-corrected chi connectivity index (χ3v) is 20.1. The quantitative estimate of drug-likeness (QED) is 0.133. The van der Waals surface area contributed by atoms with Crippen molar-refractivity contribution in [1.29, 1.82) is 0 Å². The van der Waals surface area contributed by atoms with Gasteiger partial charge >= 0.3 is 34.7 Å². The maximum atomic E-state index is 6.66. The van der Waals surface area contributed by atoms with E-state index in [4.69, 9.17) is 28.2 Å². The first-order chi connectivity index (χ1) is 24.6. The predicted octanol–water partition coefficient (Wildman–Crippen LogP) is 15.3. The molecule has 0 aromatic heterocycles. The third-order valence-electron chi connectivity index (χ3n) is 9.06. The summed E-state index contributed by atoms with van der Waals surface area (Å²) in [5, 5.41) is 0. The molecular weight excluding hydrogens is 833 g/mol. The van der Waals surface area contributed by atoms with Gasteiger partial charge in [-0.05, 0) is 83.1 Å². The molecule has 0 unspecified atom stereocenters. The number of nitrogens with zero attached hydrogens (tertiary/aromatic N) is 4. The van der Waals surface area contributed by atoms with Gasteiger partial charge in [-0.1, -0.05) is 168 Å². The average molecular weight is 901 g/mol. The molecule has 304 valence electrons. The Balaban J connectivity index is 0.000000541. The van der Waals surface area contributed by atoms with E-state index in [0.717, 1.165) is 22.7 Å². The van der Waals surface area contributed by atoms with Crippen LogP contribution in [0.5, 0.6) is 0 Å². The second kappa shape index (κ2) is 20.3. The van der Waals surface area contributed by atoms with Gasteiger partial charge in [0.1, 0.15) is 0 Å². The summed E-state index contributed by atoms with van der Waals surface area (Å²) in [4.78, 5) is 20.4. The van der Waals surface area contributed by atoms with Gasteiger partial charge in [0.2, 0.25) is 0 Å². The Kier molecular flexibility index (Phi) is 18.8. The van der Waals surface area contributed by atoms with Crippen LogP contribution >= 0.6 is 0 Å². The largest absolute Gasteiger partial charge is 2.00 e. The zero-order valence-corrected chi connectivity index (χ0v) is 44.6. The zero-order chi connectivity index (χ0) is 41.1. The van der Waals surface area contributed by atoms with E-state index in [0.29, 0.717) is 0 Å². The zero-order valence-electron chi connectivity index (χ0n) is 38.0. The minimum absolute atomic E-state index is 0. The first-order valence-electron chi connectivity index (χ1n) is 19.2. The Morgan fingerprint density at radius 1 is 0.286 bits per heavy atom. The van der Waals surface area contributed by atoms with Gasteiger partial charge < -0.3 is 28.2 Å². The van der Waals surface area contributed by atoms with Crippen LogP contribution in [0.1, 0.15) is 66.8 Å². The molecule has 0 amide bonds. The Morgan fingerprint density at radius 2 is 0.411 bits per heavy atom. The molecule has 0 radical (unpaired) electrons. The summed E-state index contributed by atoms with van der Waals surface area (Å²) < 4.78 is 13.3. The third kappa shape index (κ3) is 15.3. The van der Waals surface area contributed by atoms with E-state index in [2.05, 4.69) is 184 Å². The van der Waals surface area contributed by atoms with Crippen LogP contribution in [0.3, 0.4) is 0 Å². The molecule has 0 N–H and O–H groups in total. The number of hydrogen-bond donors (Lipinski definition) is 0. The molecule has 0 aliphatic carbocycles.